The zero-order chi connectivity index (χ0) is 26.2. The molecule has 0 saturated carbocycles. The SMILES string of the molecule is N=C(N)CC(=O)OCc1cccc(-c2cnc(OCC3CCN(C(=O)c4ccccn4)CC3)nc2)c1F. The molecule has 0 aliphatic carbocycles. The molecule has 1 aromatic carbocycles. The molecular formula is C26H27FN6O4. The van der Waals surface area contributed by atoms with Crippen molar-refractivity contribution < 1.29 is 23.5 Å². The Kier molecular flexibility index (Phi) is 8.34. The normalized spacial score (nSPS) is 13.7. The lowest BCUT2D eigenvalue weighted by molar-refractivity contribution is -0.143. The lowest BCUT2D eigenvalue weighted by atomic mass is 9.97. The van der Waals surface area contributed by atoms with E-state index in [1.807, 2.05) is 0 Å². The molecule has 1 amide bonds. The number of hydrogen-bond donors (Lipinski definition) is 2. The van der Waals surface area contributed by atoms with Crippen molar-refractivity contribution >= 4 is 17.7 Å². The van der Waals surface area contributed by atoms with Crippen LogP contribution in [-0.2, 0) is 16.1 Å². The largest absolute Gasteiger partial charge is 0.463 e. The van der Waals surface area contributed by atoms with Crippen LogP contribution < -0.4 is 10.5 Å². The van der Waals surface area contributed by atoms with Crippen LogP contribution in [-0.4, -0.2) is 57.3 Å². The van der Waals surface area contributed by atoms with Crippen LogP contribution in [0.15, 0.2) is 55.0 Å². The van der Waals surface area contributed by atoms with E-state index in [-0.39, 0.29) is 47.8 Å². The van der Waals surface area contributed by atoms with E-state index < -0.39 is 11.8 Å². The van der Waals surface area contributed by atoms with Crippen LogP contribution in [0.4, 0.5) is 4.39 Å². The molecule has 0 bridgehead atoms. The third-order valence-corrected chi connectivity index (χ3v) is 5.98. The number of nitrogens with two attached hydrogens (primary N) is 1. The summed E-state index contributed by atoms with van der Waals surface area (Å²) in [5.41, 5.74) is 6.51. The molecule has 192 valence electrons. The van der Waals surface area contributed by atoms with Gasteiger partial charge in [-0.25, -0.2) is 14.4 Å². The molecule has 1 fully saturated rings. The molecule has 3 heterocycles. The minimum absolute atomic E-state index is 0.0654. The van der Waals surface area contributed by atoms with Gasteiger partial charge in [-0.15, -0.1) is 0 Å². The van der Waals surface area contributed by atoms with Gasteiger partial charge in [-0.3, -0.25) is 20.0 Å². The Morgan fingerprint density at radius 1 is 1.08 bits per heavy atom. The van der Waals surface area contributed by atoms with Crippen LogP contribution in [0.3, 0.4) is 0 Å². The highest BCUT2D eigenvalue weighted by atomic mass is 19.1. The zero-order valence-electron chi connectivity index (χ0n) is 20.1. The number of likely N-dealkylation sites (tertiary alicyclic amines) is 1. The van der Waals surface area contributed by atoms with Crippen molar-refractivity contribution in [2.75, 3.05) is 19.7 Å². The lowest BCUT2D eigenvalue weighted by Gasteiger charge is -2.31. The lowest BCUT2D eigenvalue weighted by Crippen LogP contribution is -2.40. The molecule has 0 unspecified atom stereocenters. The van der Waals surface area contributed by atoms with Crippen LogP contribution >= 0.6 is 0 Å². The highest BCUT2D eigenvalue weighted by Gasteiger charge is 2.25. The Bertz CT molecular complexity index is 1250. The topological polar surface area (TPSA) is 144 Å². The Balaban J connectivity index is 1.28. The van der Waals surface area contributed by atoms with E-state index in [9.17, 15) is 14.0 Å². The first-order chi connectivity index (χ1) is 17.9. The van der Waals surface area contributed by atoms with Crippen molar-refractivity contribution in [3.8, 4) is 17.1 Å². The number of amidine groups is 1. The quantitative estimate of drug-likeness (QED) is 0.256. The van der Waals surface area contributed by atoms with Gasteiger partial charge in [-0.2, -0.15) is 0 Å². The van der Waals surface area contributed by atoms with Crippen LogP contribution in [0.5, 0.6) is 6.01 Å². The number of rotatable bonds is 9. The summed E-state index contributed by atoms with van der Waals surface area (Å²) in [7, 11) is 0. The van der Waals surface area contributed by atoms with E-state index in [0.717, 1.165) is 12.8 Å². The van der Waals surface area contributed by atoms with Gasteiger partial charge in [0, 0.05) is 48.4 Å². The second kappa shape index (κ2) is 12.0. The Hall–Kier alpha value is -4.41. The number of pyridine rings is 1. The molecule has 1 aliphatic heterocycles. The highest BCUT2D eigenvalue weighted by Crippen LogP contribution is 2.26. The van der Waals surface area contributed by atoms with Crippen molar-refractivity contribution in [1.29, 1.82) is 5.41 Å². The molecule has 1 aliphatic rings. The smallest absolute Gasteiger partial charge is 0.316 e. The molecular weight excluding hydrogens is 479 g/mol. The maximum Gasteiger partial charge on any atom is 0.316 e. The number of carbonyl (C=O) groups excluding carboxylic acids is 2. The number of aromatic nitrogens is 3. The molecule has 0 radical (unpaired) electrons. The van der Waals surface area contributed by atoms with Gasteiger partial charge in [0.05, 0.1) is 6.61 Å². The fraction of sp³-hybridized carbons (Fsp3) is 0.308. The summed E-state index contributed by atoms with van der Waals surface area (Å²) in [6.07, 6.45) is 5.80. The number of piperidine rings is 1. The molecule has 0 spiro atoms. The van der Waals surface area contributed by atoms with Gasteiger partial charge in [-0.05, 0) is 30.9 Å². The van der Waals surface area contributed by atoms with Gasteiger partial charge in [0.15, 0.2) is 0 Å². The van der Waals surface area contributed by atoms with Crippen LogP contribution in [0, 0.1) is 17.1 Å². The summed E-state index contributed by atoms with van der Waals surface area (Å²) < 4.78 is 25.7. The van der Waals surface area contributed by atoms with Crippen LogP contribution in [0.2, 0.25) is 0 Å². The van der Waals surface area contributed by atoms with E-state index in [1.54, 1.807) is 41.4 Å². The molecule has 11 heteroatoms. The van der Waals surface area contributed by atoms with E-state index in [0.29, 0.717) is 31.0 Å². The minimum Gasteiger partial charge on any atom is -0.463 e. The summed E-state index contributed by atoms with van der Waals surface area (Å²) >= 11 is 0. The van der Waals surface area contributed by atoms with Gasteiger partial charge in [0.1, 0.15) is 30.4 Å². The van der Waals surface area contributed by atoms with Gasteiger partial charge in [-0.1, -0.05) is 24.3 Å². The van der Waals surface area contributed by atoms with E-state index in [4.69, 9.17) is 20.6 Å². The van der Waals surface area contributed by atoms with E-state index in [1.165, 1.54) is 18.5 Å². The predicted octanol–water partition coefficient (Wildman–Crippen LogP) is 2.98. The number of amides is 1. The molecule has 4 rings (SSSR count). The molecule has 37 heavy (non-hydrogen) atoms. The third kappa shape index (κ3) is 6.84. The third-order valence-electron chi connectivity index (χ3n) is 5.98. The van der Waals surface area contributed by atoms with Crippen molar-refractivity contribution in [3.05, 3.63) is 72.1 Å². The molecule has 3 aromatic rings. The Labute approximate surface area is 213 Å². The maximum absolute atomic E-state index is 15.0. The summed E-state index contributed by atoms with van der Waals surface area (Å²) in [6, 6.07) is 10.2. The summed E-state index contributed by atoms with van der Waals surface area (Å²) in [5, 5.41) is 7.12. The molecule has 10 nitrogen and oxygen atoms in total. The molecule has 0 atom stereocenters. The van der Waals surface area contributed by atoms with Crippen molar-refractivity contribution in [3.63, 3.8) is 0 Å². The van der Waals surface area contributed by atoms with Crippen molar-refractivity contribution in [2.24, 2.45) is 11.7 Å². The van der Waals surface area contributed by atoms with Gasteiger partial charge in [0.25, 0.3) is 5.91 Å². The number of hydrogen-bond acceptors (Lipinski definition) is 8. The van der Waals surface area contributed by atoms with Gasteiger partial charge < -0.3 is 20.1 Å². The molecule has 2 aromatic heterocycles. The number of nitrogens with one attached hydrogen (secondary N) is 1. The van der Waals surface area contributed by atoms with Crippen molar-refractivity contribution in [1.82, 2.24) is 19.9 Å². The molecule has 3 N–H and O–H groups in total. The summed E-state index contributed by atoms with van der Waals surface area (Å²) in [5.74, 6) is -1.38. The summed E-state index contributed by atoms with van der Waals surface area (Å²) in [4.78, 5) is 38.5. The molecule has 1 saturated heterocycles. The number of benzene rings is 1. The fourth-order valence-corrected chi connectivity index (χ4v) is 3.96. The number of esters is 1. The highest BCUT2D eigenvalue weighted by molar-refractivity contribution is 5.94. The summed E-state index contributed by atoms with van der Waals surface area (Å²) in [6.45, 7) is 1.40. The zero-order valence-corrected chi connectivity index (χ0v) is 20.1. The van der Waals surface area contributed by atoms with Gasteiger partial charge >= 0.3 is 12.0 Å². The first-order valence-electron chi connectivity index (χ1n) is 11.8. The van der Waals surface area contributed by atoms with Crippen LogP contribution in [0.25, 0.3) is 11.1 Å². The maximum atomic E-state index is 15.0. The number of ether oxygens (including phenoxy) is 2. The van der Waals surface area contributed by atoms with Crippen molar-refractivity contribution in [2.45, 2.75) is 25.9 Å². The fourth-order valence-electron chi connectivity index (χ4n) is 3.96. The second-order valence-corrected chi connectivity index (χ2v) is 8.66. The predicted molar refractivity (Wildman–Crippen MR) is 132 cm³/mol. The number of nitrogens with zero attached hydrogens (tertiary/aromatic N) is 4. The Morgan fingerprint density at radius 2 is 1.84 bits per heavy atom. The average molecular weight is 507 g/mol. The standard InChI is InChI=1S/C26H27FN6O4/c27-24-18(16-36-23(34)12-22(28)29)4-3-5-20(24)19-13-31-26(32-14-19)37-15-17-7-10-33(11-8-17)25(35)21-6-1-2-9-30-21/h1-6,9,13-14,17H,7-8,10-12,15-16H2,(H3,28,29). The second-order valence-electron chi connectivity index (χ2n) is 8.66. The van der Waals surface area contributed by atoms with Crippen LogP contribution in [0.1, 0.15) is 35.3 Å². The van der Waals surface area contributed by atoms with E-state index >= 15 is 0 Å². The number of halogens is 1. The number of carbonyl (C=O) groups is 2. The first-order valence-corrected chi connectivity index (χ1v) is 11.8. The Morgan fingerprint density at radius 3 is 2.51 bits per heavy atom. The van der Waals surface area contributed by atoms with Gasteiger partial charge in [0.2, 0.25) is 0 Å². The monoisotopic (exact) mass is 506 g/mol. The van der Waals surface area contributed by atoms with E-state index in [2.05, 4.69) is 15.0 Å². The minimum atomic E-state index is -0.701. The average Bonchev–Trinajstić information content (AvgIpc) is 2.92. The first kappa shape index (κ1) is 25.7.